The zero-order chi connectivity index (χ0) is 13.8. The lowest BCUT2D eigenvalue weighted by atomic mass is 10.2. The van der Waals surface area contributed by atoms with Crippen molar-refractivity contribution in [3.05, 3.63) is 41.0 Å². The van der Waals surface area contributed by atoms with Gasteiger partial charge in [0.15, 0.2) is 0 Å². The maximum atomic E-state index is 11.9. The highest BCUT2D eigenvalue weighted by Crippen LogP contribution is 2.12. The zero-order valence-electron chi connectivity index (χ0n) is 11.2. The number of anilines is 1. The van der Waals surface area contributed by atoms with Crippen LogP contribution in [0, 0.1) is 13.8 Å². The summed E-state index contributed by atoms with van der Waals surface area (Å²) in [6.45, 7) is 4.05. The third kappa shape index (κ3) is 2.90. The molecular weight excluding hydrogens is 244 g/mol. The van der Waals surface area contributed by atoms with Gasteiger partial charge in [-0.15, -0.1) is 0 Å². The van der Waals surface area contributed by atoms with Crippen molar-refractivity contribution in [3.8, 4) is 0 Å². The van der Waals surface area contributed by atoms with E-state index < -0.39 is 0 Å². The molecule has 0 saturated carbocycles. The Labute approximate surface area is 111 Å². The van der Waals surface area contributed by atoms with Crippen molar-refractivity contribution >= 4 is 11.6 Å². The minimum absolute atomic E-state index is 0.220. The number of amides is 1. The highest BCUT2D eigenvalue weighted by molar-refractivity contribution is 5.92. The van der Waals surface area contributed by atoms with E-state index in [1.54, 1.807) is 25.4 Å². The number of hydrogen-bond acceptors (Lipinski definition) is 5. The first-order chi connectivity index (χ1) is 9.11. The lowest BCUT2D eigenvalue weighted by molar-refractivity contribution is 0.0946. The number of nitrogens with zero attached hydrogens (tertiary/aromatic N) is 2. The largest absolute Gasteiger partial charge is 0.387 e. The molecule has 2 rings (SSSR count). The third-order valence-electron chi connectivity index (χ3n) is 2.89. The average molecular weight is 260 g/mol. The van der Waals surface area contributed by atoms with Crippen LogP contribution in [0.2, 0.25) is 0 Å². The second-order valence-corrected chi connectivity index (χ2v) is 4.17. The Hall–Kier alpha value is -2.37. The first-order valence-corrected chi connectivity index (χ1v) is 5.95. The molecule has 0 radical (unpaired) electrons. The molecule has 2 aromatic heterocycles. The molecule has 2 aromatic rings. The van der Waals surface area contributed by atoms with Crippen molar-refractivity contribution < 1.29 is 9.32 Å². The van der Waals surface area contributed by atoms with Crippen molar-refractivity contribution in [2.75, 3.05) is 12.4 Å². The Kier molecular flexibility index (Phi) is 3.79. The summed E-state index contributed by atoms with van der Waals surface area (Å²) in [5, 5.41) is 9.59. The van der Waals surface area contributed by atoms with Gasteiger partial charge < -0.3 is 15.2 Å². The molecule has 100 valence electrons. The van der Waals surface area contributed by atoms with E-state index in [-0.39, 0.29) is 5.91 Å². The Morgan fingerprint density at radius 3 is 2.68 bits per heavy atom. The van der Waals surface area contributed by atoms with E-state index in [9.17, 15) is 4.79 Å². The maximum absolute atomic E-state index is 11.9. The topological polar surface area (TPSA) is 80.0 Å². The van der Waals surface area contributed by atoms with Gasteiger partial charge >= 0.3 is 0 Å². The predicted molar refractivity (Wildman–Crippen MR) is 70.9 cm³/mol. The summed E-state index contributed by atoms with van der Waals surface area (Å²) in [5.41, 5.74) is 2.93. The fourth-order valence-electron chi connectivity index (χ4n) is 1.69. The number of hydrogen-bond donors (Lipinski definition) is 2. The van der Waals surface area contributed by atoms with E-state index in [2.05, 4.69) is 20.8 Å². The lowest BCUT2D eigenvalue weighted by Crippen LogP contribution is -2.24. The van der Waals surface area contributed by atoms with Gasteiger partial charge in [-0.2, -0.15) is 0 Å². The summed E-state index contributed by atoms with van der Waals surface area (Å²) in [6.07, 6.45) is 1.62. The molecule has 0 spiro atoms. The molecule has 0 bridgehead atoms. The molecule has 0 saturated heterocycles. The molecule has 0 aliphatic rings. The molecular formula is C13H16N4O2. The van der Waals surface area contributed by atoms with Crippen LogP contribution in [-0.4, -0.2) is 23.1 Å². The lowest BCUT2D eigenvalue weighted by Gasteiger charge is -2.05. The number of carbonyl (C=O) groups is 1. The first-order valence-electron chi connectivity index (χ1n) is 5.95. The standard InChI is InChI=1S/C13H16N4O2/c1-8-11(9(2)19-17-8)7-16-13(18)12-5-4-10(14-3)6-15-12/h4-6,14H,7H2,1-3H3,(H,16,18). The van der Waals surface area contributed by atoms with Gasteiger partial charge in [-0.25, -0.2) is 4.98 Å². The molecule has 0 atom stereocenters. The second-order valence-electron chi connectivity index (χ2n) is 4.17. The molecule has 2 N–H and O–H groups in total. The molecule has 1 amide bonds. The minimum Gasteiger partial charge on any atom is -0.387 e. The summed E-state index contributed by atoms with van der Waals surface area (Å²) < 4.78 is 5.04. The fraction of sp³-hybridized carbons (Fsp3) is 0.308. The quantitative estimate of drug-likeness (QED) is 0.873. The molecule has 6 heteroatoms. The van der Waals surface area contributed by atoms with E-state index in [0.29, 0.717) is 12.2 Å². The summed E-state index contributed by atoms with van der Waals surface area (Å²) in [4.78, 5) is 16.0. The Morgan fingerprint density at radius 1 is 1.37 bits per heavy atom. The molecule has 0 unspecified atom stereocenters. The van der Waals surface area contributed by atoms with Gasteiger partial charge in [0.1, 0.15) is 11.5 Å². The van der Waals surface area contributed by atoms with Crippen molar-refractivity contribution in [2.45, 2.75) is 20.4 Å². The van der Waals surface area contributed by atoms with Crippen molar-refractivity contribution in [1.29, 1.82) is 0 Å². The van der Waals surface area contributed by atoms with Crippen LogP contribution in [0.15, 0.2) is 22.9 Å². The van der Waals surface area contributed by atoms with Gasteiger partial charge in [0, 0.05) is 19.2 Å². The van der Waals surface area contributed by atoms with Gasteiger partial charge in [0.25, 0.3) is 5.91 Å². The molecule has 0 aliphatic carbocycles. The van der Waals surface area contributed by atoms with Crippen molar-refractivity contribution in [3.63, 3.8) is 0 Å². The van der Waals surface area contributed by atoms with Crippen molar-refractivity contribution in [1.82, 2.24) is 15.5 Å². The molecule has 6 nitrogen and oxygen atoms in total. The Balaban J connectivity index is 2.01. The summed E-state index contributed by atoms with van der Waals surface area (Å²) >= 11 is 0. The van der Waals surface area contributed by atoms with Gasteiger partial charge in [-0.3, -0.25) is 4.79 Å². The molecule has 0 aromatic carbocycles. The van der Waals surface area contributed by atoms with E-state index in [4.69, 9.17) is 4.52 Å². The molecule has 2 heterocycles. The van der Waals surface area contributed by atoms with Crippen LogP contribution in [0.3, 0.4) is 0 Å². The summed E-state index contributed by atoms with van der Waals surface area (Å²) in [6, 6.07) is 3.48. The monoisotopic (exact) mass is 260 g/mol. The Morgan fingerprint density at radius 2 is 2.16 bits per heavy atom. The number of nitrogens with one attached hydrogen (secondary N) is 2. The predicted octanol–water partition coefficient (Wildman–Crippen LogP) is 1.66. The van der Waals surface area contributed by atoms with E-state index in [1.165, 1.54) is 0 Å². The van der Waals surface area contributed by atoms with Crippen LogP contribution in [-0.2, 0) is 6.54 Å². The third-order valence-corrected chi connectivity index (χ3v) is 2.89. The van der Waals surface area contributed by atoms with Crippen LogP contribution in [0.5, 0.6) is 0 Å². The van der Waals surface area contributed by atoms with E-state index in [0.717, 1.165) is 22.7 Å². The van der Waals surface area contributed by atoms with E-state index in [1.807, 2.05) is 13.8 Å². The van der Waals surface area contributed by atoms with Crippen LogP contribution < -0.4 is 10.6 Å². The number of rotatable bonds is 4. The number of aryl methyl sites for hydroxylation is 2. The zero-order valence-corrected chi connectivity index (χ0v) is 11.2. The number of aromatic nitrogens is 2. The van der Waals surface area contributed by atoms with Crippen molar-refractivity contribution in [2.24, 2.45) is 0 Å². The average Bonchev–Trinajstić information content (AvgIpc) is 2.75. The normalized spacial score (nSPS) is 10.3. The molecule has 0 aliphatic heterocycles. The van der Waals surface area contributed by atoms with Gasteiger partial charge in [0.05, 0.1) is 17.6 Å². The fourth-order valence-corrected chi connectivity index (χ4v) is 1.69. The van der Waals surface area contributed by atoms with Crippen LogP contribution in [0.1, 0.15) is 27.5 Å². The van der Waals surface area contributed by atoms with Crippen LogP contribution in [0.4, 0.5) is 5.69 Å². The summed E-state index contributed by atoms with van der Waals surface area (Å²) in [5.74, 6) is 0.499. The minimum atomic E-state index is -0.220. The molecule has 0 fully saturated rings. The summed E-state index contributed by atoms with van der Waals surface area (Å²) in [7, 11) is 1.80. The van der Waals surface area contributed by atoms with Crippen LogP contribution in [0.25, 0.3) is 0 Å². The first kappa shape index (κ1) is 13.1. The van der Waals surface area contributed by atoms with Gasteiger partial charge in [-0.1, -0.05) is 5.16 Å². The van der Waals surface area contributed by atoms with Crippen LogP contribution >= 0.6 is 0 Å². The van der Waals surface area contributed by atoms with E-state index >= 15 is 0 Å². The second kappa shape index (κ2) is 5.51. The molecule has 19 heavy (non-hydrogen) atoms. The van der Waals surface area contributed by atoms with Gasteiger partial charge in [0.2, 0.25) is 0 Å². The number of pyridine rings is 1. The SMILES string of the molecule is CNc1ccc(C(=O)NCc2c(C)noc2C)nc1. The smallest absolute Gasteiger partial charge is 0.270 e. The number of carbonyl (C=O) groups excluding carboxylic acids is 1. The maximum Gasteiger partial charge on any atom is 0.270 e. The highest BCUT2D eigenvalue weighted by Gasteiger charge is 2.12. The highest BCUT2D eigenvalue weighted by atomic mass is 16.5. The van der Waals surface area contributed by atoms with Gasteiger partial charge in [-0.05, 0) is 26.0 Å². The Bertz CT molecular complexity index is 555.